The first-order chi connectivity index (χ1) is 10.7. The molecule has 1 atom stereocenters. The van der Waals surface area contributed by atoms with Gasteiger partial charge in [-0.25, -0.2) is 0 Å². The lowest BCUT2D eigenvalue weighted by Gasteiger charge is -2.12. The van der Waals surface area contributed by atoms with E-state index < -0.39 is 0 Å². The van der Waals surface area contributed by atoms with Crippen LogP contribution in [0.2, 0.25) is 0 Å². The predicted molar refractivity (Wildman–Crippen MR) is 87.7 cm³/mol. The second kappa shape index (κ2) is 6.48. The third-order valence-electron chi connectivity index (χ3n) is 3.80. The highest BCUT2D eigenvalue weighted by Crippen LogP contribution is 2.26. The number of rotatable bonds is 4. The van der Waals surface area contributed by atoms with Crippen LogP contribution in [0.15, 0.2) is 54.6 Å². The molecular formula is C19H19NO2. The number of carbonyl (C=O) groups is 1. The molecule has 0 saturated carbocycles. The zero-order valence-electron chi connectivity index (χ0n) is 12.6. The Bertz CT molecular complexity index is 692. The van der Waals surface area contributed by atoms with Crippen molar-refractivity contribution in [1.29, 1.82) is 0 Å². The van der Waals surface area contributed by atoms with E-state index in [1.165, 1.54) is 5.56 Å². The van der Waals surface area contributed by atoms with Gasteiger partial charge in [0.1, 0.15) is 5.75 Å². The van der Waals surface area contributed by atoms with Crippen LogP contribution in [0.5, 0.6) is 5.75 Å². The fourth-order valence-corrected chi connectivity index (χ4v) is 2.57. The zero-order valence-corrected chi connectivity index (χ0v) is 12.6. The van der Waals surface area contributed by atoms with Crippen LogP contribution in [0.25, 0.3) is 6.08 Å². The molecular weight excluding hydrogens is 274 g/mol. The van der Waals surface area contributed by atoms with Crippen molar-refractivity contribution in [1.82, 2.24) is 5.32 Å². The first-order valence-corrected chi connectivity index (χ1v) is 7.51. The van der Waals surface area contributed by atoms with E-state index in [1.807, 2.05) is 55.5 Å². The molecule has 1 heterocycles. The fourth-order valence-electron chi connectivity index (χ4n) is 2.57. The van der Waals surface area contributed by atoms with E-state index in [2.05, 4.69) is 11.4 Å². The van der Waals surface area contributed by atoms with Gasteiger partial charge in [0.2, 0.25) is 5.91 Å². The minimum absolute atomic E-state index is 0.00762. The number of hydrogen-bond acceptors (Lipinski definition) is 2. The molecule has 1 unspecified atom stereocenters. The van der Waals surface area contributed by atoms with Crippen LogP contribution >= 0.6 is 0 Å². The van der Waals surface area contributed by atoms with Crippen LogP contribution in [0, 0.1) is 0 Å². The monoisotopic (exact) mass is 293 g/mol. The highest BCUT2D eigenvalue weighted by atomic mass is 16.5. The number of nitrogens with one attached hydrogen (secondary N) is 1. The van der Waals surface area contributed by atoms with E-state index in [0.717, 1.165) is 29.9 Å². The van der Waals surface area contributed by atoms with Crippen molar-refractivity contribution in [3.63, 3.8) is 0 Å². The molecule has 2 aromatic carbocycles. The Morgan fingerprint density at radius 2 is 2.05 bits per heavy atom. The van der Waals surface area contributed by atoms with Crippen molar-refractivity contribution >= 4 is 12.0 Å². The Labute approximate surface area is 130 Å². The molecule has 0 spiro atoms. The van der Waals surface area contributed by atoms with Crippen molar-refractivity contribution in [2.75, 3.05) is 6.61 Å². The maximum Gasteiger partial charge on any atom is 0.244 e. The smallest absolute Gasteiger partial charge is 0.244 e. The third kappa shape index (κ3) is 3.37. The second-order valence-electron chi connectivity index (χ2n) is 5.44. The summed E-state index contributed by atoms with van der Waals surface area (Å²) < 4.78 is 5.48. The molecule has 3 rings (SSSR count). The van der Waals surface area contributed by atoms with Gasteiger partial charge < -0.3 is 10.1 Å². The SMILES string of the molecule is CC(NC(=O)/C=C/c1ccc2c(c1)CCO2)c1ccccc1. The summed E-state index contributed by atoms with van der Waals surface area (Å²) in [5.74, 6) is 0.868. The molecule has 2 aromatic rings. The standard InChI is InChI=1S/C19H19NO2/c1-14(16-5-3-2-4-6-16)20-19(21)10-8-15-7-9-18-17(13-15)11-12-22-18/h2-10,13-14H,11-12H2,1H3,(H,20,21)/b10-8+. The van der Waals surface area contributed by atoms with Crippen LogP contribution in [-0.4, -0.2) is 12.5 Å². The van der Waals surface area contributed by atoms with Crippen molar-refractivity contribution < 1.29 is 9.53 Å². The summed E-state index contributed by atoms with van der Waals surface area (Å²) in [4.78, 5) is 12.0. The molecule has 0 saturated heterocycles. The predicted octanol–water partition coefficient (Wildman–Crippen LogP) is 3.51. The van der Waals surface area contributed by atoms with Crippen LogP contribution in [-0.2, 0) is 11.2 Å². The van der Waals surface area contributed by atoms with Crippen molar-refractivity contribution in [3.05, 3.63) is 71.3 Å². The largest absolute Gasteiger partial charge is 0.493 e. The molecule has 1 aliphatic heterocycles. The van der Waals surface area contributed by atoms with Crippen molar-refractivity contribution in [3.8, 4) is 5.75 Å². The number of hydrogen-bond donors (Lipinski definition) is 1. The average Bonchev–Trinajstić information content (AvgIpc) is 3.01. The summed E-state index contributed by atoms with van der Waals surface area (Å²) in [6.45, 7) is 2.73. The number of fused-ring (bicyclic) bond motifs is 1. The van der Waals surface area contributed by atoms with Gasteiger partial charge in [0.05, 0.1) is 12.6 Å². The van der Waals surface area contributed by atoms with Crippen LogP contribution in [0.3, 0.4) is 0 Å². The second-order valence-corrected chi connectivity index (χ2v) is 5.44. The Kier molecular flexibility index (Phi) is 4.24. The van der Waals surface area contributed by atoms with E-state index in [1.54, 1.807) is 6.08 Å². The van der Waals surface area contributed by atoms with Crippen LogP contribution in [0.1, 0.15) is 29.7 Å². The number of amides is 1. The third-order valence-corrected chi connectivity index (χ3v) is 3.80. The number of carbonyl (C=O) groups excluding carboxylic acids is 1. The summed E-state index contributed by atoms with van der Waals surface area (Å²) in [5, 5.41) is 2.97. The molecule has 0 bridgehead atoms. The zero-order chi connectivity index (χ0) is 15.4. The lowest BCUT2D eigenvalue weighted by molar-refractivity contribution is -0.117. The molecule has 3 heteroatoms. The number of benzene rings is 2. The summed E-state index contributed by atoms with van der Waals surface area (Å²) in [5.41, 5.74) is 3.32. The molecule has 0 fully saturated rings. The van der Waals surface area contributed by atoms with Crippen molar-refractivity contribution in [2.24, 2.45) is 0 Å². The molecule has 0 aliphatic carbocycles. The van der Waals surface area contributed by atoms with Gasteiger partial charge in [-0.05, 0) is 41.8 Å². The summed E-state index contributed by atoms with van der Waals surface area (Å²) in [6, 6.07) is 15.9. The maximum absolute atomic E-state index is 12.0. The topological polar surface area (TPSA) is 38.3 Å². The maximum atomic E-state index is 12.0. The van der Waals surface area contributed by atoms with Gasteiger partial charge in [0.15, 0.2) is 0 Å². The Balaban J connectivity index is 1.62. The quantitative estimate of drug-likeness (QED) is 0.876. The Morgan fingerprint density at radius 3 is 2.86 bits per heavy atom. The van der Waals surface area contributed by atoms with Gasteiger partial charge in [-0.2, -0.15) is 0 Å². The van der Waals surface area contributed by atoms with Gasteiger partial charge in [-0.1, -0.05) is 36.4 Å². The van der Waals surface area contributed by atoms with Crippen LogP contribution < -0.4 is 10.1 Å². The fraction of sp³-hybridized carbons (Fsp3) is 0.211. The normalized spacial score (nSPS) is 14.4. The molecule has 0 radical (unpaired) electrons. The van der Waals surface area contributed by atoms with E-state index in [-0.39, 0.29) is 11.9 Å². The van der Waals surface area contributed by atoms with Gasteiger partial charge in [-0.15, -0.1) is 0 Å². The van der Waals surface area contributed by atoms with Gasteiger partial charge in [0.25, 0.3) is 0 Å². The van der Waals surface area contributed by atoms with E-state index in [9.17, 15) is 4.79 Å². The molecule has 1 N–H and O–H groups in total. The molecule has 1 aliphatic rings. The first-order valence-electron chi connectivity index (χ1n) is 7.51. The lowest BCUT2D eigenvalue weighted by Crippen LogP contribution is -2.24. The highest BCUT2D eigenvalue weighted by Gasteiger charge is 2.11. The summed E-state index contributed by atoms with van der Waals surface area (Å²) in [7, 11) is 0. The summed E-state index contributed by atoms with van der Waals surface area (Å²) in [6.07, 6.45) is 4.36. The lowest BCUT2D eigenvalue weighted by atomic mass is 10.1. The minimum Gasteiger partial charge on any atom is -0.493 e. The molecule has 1 amide bonds. The van der Waals surface area contributed by atoms with Crippen molar-refractivity contribution in [2.45, 2.75) is 19.4 Å². The van der Waals surface area contributed by atoms with E-state index >= 15 is 0 Å². The molecule has 22 heavy (non-hydrogen) atoms. The van der Waals surface area contributed by atoms with Gasteiger partial charge in [0, 0.05) is 12.5 Å². The minimum atomic E-state index is -0.0897. The number of ether oxygens (including phenoxy) is 1. The van der Waals surface area contributed by atoms with E-state index in [0.29, 0.717) is 0 Å². The Morgan fingerprint density at radius 1 is 1.23 bits per heavy atom. The molecule has 0 aromatic heterocycles. The molecule has 3 nitrogen and oxygen atoms in total. The van der Waals surface area contributed by atoms with Gasteiger partial charge in [-0.3, -0.25) is 4.79 Å². The van der Waals surface area contributed by atoms with E-state index in [4.69, 9.17) is 4.74 Å². The Hall–Kier alpha value is -2.55. The average molecular weight is 293 g/mol. The highest BCUT2D eigenvalue weighted by molar-refractivity contribution is 5.92. The molecule has 112 valence electrons. The van der Waals surface area contributed by atoms with Crippen LogP contribution in [0.4, 0.5) is 0 Å². The summed E-state index contributed by atoms with van der Waals surface area (Å²) >= 11 is 0. The first kappa shape index (κ1) is 14.4. The van der Waals surface area contributed by atoms with Gasteiger partial charge >= 0.3 is 0 Å².